The molecule has 0 aromatic carbocycles. The van der Waals surface area contributed by atoms with Crippen LogP contribution in [0.1, 0.15) is 27.7 Å². The molecule has 0 aromatic heterocycles. The maximum atomic E-state index is 2.27. The molecule has 44 valence electrons. The molecular weight excluding hydrogens is 217 g/mol. The van der Waals surface area contributed by atoms with Gasteiger partial charge in [-0.2, -0.15) is 0 Å². The average molecular weight is 229 g/mol. The zero-order valence-electron chi connectivity index (χ0n) is 6.00. The molecular formula is C6H12Ge2. The third-order valence-corrected chi connectivity index (χ3v) is 5.29. The van der Waals surface area contributed by atoms with Crippen LogP contribution in [0.4, 0.5) is 0 Å². The number of rotatable bonds is 1. The van der Waals surface area contributed by atoms with Crippen LogP contribution in [0.15, 0.2) is 0 Å². The van der Waals surface area contributed by atoms with Gasteiger partial charge in [-0.05, 0) is 0 Å². The predicted molar refractivity (Wildman–Crippen MR) is 39.6 cm³/mol. The van der Waals surface area contributed by atoms with Gasteiger partial charge in [0.15, 0.2) is 0 Å². The van der Waals surface area contributed by atoms with E-state index in [4.69, 9.17) is 0 Å². The molecule has 0 saturated carbocycles. The van der Waals surface area contributed by atoms with Crippen LogP contribution in [0.3, 0.4) is 0 Å². The van der Waals surface area contributed by atoms with E-state index in [1.54, 1.807) is 0 Å². The quantitative estimate of drug-likeness (QED) is 0.601. The summed E-state index contributed by atoms with van der Waals surface area (Å²) in [4.78, 5) is 0. The van der Waals surface area contributed by atoms with E-state index >= 15 is 0 Å². The summed E-state index contributed by atoms with van der Waals surface area (Å²) in [7, 11) is 0. The molecule has 0 atom stereocenters. The van der Waals surface area contributed by atoms with Gasteiger partial charge in [-0.3, -0.25) is 0 Å². The molecule has 8 heavy (non-hydrogen) atoms. The van der Waals surface area contributed by atoms with Crippen LogP contribution in [-0.2, 0) is 0 Å². The molecule has 0 unspecified atom stereocenters. The van der Waals surface area contributed by atoms with Gasteiger partial charge in [-0.25, -0.2) is 0 Å². The van der Waals surface area contributed by atoms with Crippen LogP contribution in [0.5, 0.6) is 0 Å². The Hall–Kier alpha value is 1.09. The Morgan fingerprint density at radius 1 is 0.750 bits per heavy atom. The molecule has 2 heteroatoms. The molecule has 0 amide bonds. The van der Waals surface area contributed by atoms with Crippen molar-refractivity contribution in [3.8, 4) is 0 Å². The van der Waals surface area contributed by atoms with Crippen molar-refractivity contribution in [1.82, 2.24) is 0 Å². The molecule has 0 aromatic rings. The normalized spacial score (nSPS) is 14.2. The van der Waals surface area contributed by atoms with E-state index < -0.39 is 0 Å². The van der Waals surface area contributed by atoms with Crippen molar-refractivity contribution >= 4 is 33.0 Å². The maximum absolute atomic E-state index is 2.27. The average Bonchev–Trinajstić information content (AvgIpc) is 1.25. The number of hydrogen-bond acceptors (Lipinski definition) is 0. The number of hydrogen-bond donors (Lipinski definition) is 0. The molecule has 0 heterocycles. The molecule has 0 aliphatic rings. The molecule has 0 spiro atoms. The fourth-order valence-electron chi connectivity index (χ4n) is 0. The molecule has 0 N–H and O–H groups in total. The second-order valence-electron chi connectivity index (χ2n) is 3.25. The standard InChI is InChI=1S/C6H12Ge2/c1-5(2,7)6(3,4)8/h1-4H3. The van der Waals surface area contributed by atoms with Gasteiger partial charge >= 0.3 is 69.2 Å². The summed E-state index contributed by atoms with van der Waals surface area (Å²) in [6.07, 6.45) is 0. The summed E-state index contributed by atoms with van der Waals surface area (Å²) in [6, 6.07) is 0. The van der Waals surface area contributed by atoms with Gasteiger partial charge in [-0.1, -0.05) is 0 Å². The second kappa shape index (κ2) is 2.37. The first-order chi connectivity index (χ1) is 3.25. The van der Waals surface area contributed by atoms with Crippen LogP contribution in [0.2, 0.25) is 8.49 Å². The Morgan fingerprint density at radius 2 is 0.875 bits per heavy atom. The first-order valence-corrected chi connectivity index (χ1v) is 4.85. The van der Waals surface area contributed by atoms with Gasteiger partial charge in [0.1, 0.15) is 0 Å². The van der Waals surface area contributed by atoms with Crippen LogP contribution in [-0.4, -0.2) is 33.0 Å². The summed E-state index contributed by atoms with van der Waals surface area (Å²) in [5, 5.41) is 0. The van der Waals surface area contributed by atoms with E-state index in [1.165, 1.54) is 0 Å². The van der Waals surface area contributed by atoms with Crippen LogP contribution >= 0.6 is 0 Å². The van der Waals surface area contributed by atoms with Crippen molar-refractivity contribution in [2.24, 2.45) is 0 Å². The van der Waals surface area contributed by atoms with Gasteiger partial charge in [0.05, 0.1) is 0 Å². The van der Waals surface area contributed by atoms with Crippen molar-refractivity contribution in [3.05, 3.63) is 0 Å². The summed E-state index contributed by atoms with van der Waals surface area (Å²) in [5.41, 5.74) is 0. The molecule has 0 rings (SSSR count). The van der Waals surface area contributed by atoms with E-state index in [-0.39, 0.29) is 0 Å². The monoisotopic (exact) mass is 232 g/mol. The van der Waals surface area contributed by atoms with E-state index in [0.717, 1.165) is 0 Å². The van der Waals surface area contributed by atoms with Crippen LogP contribution < -0.4 is 0 Å². The Labute approximate surface area is 69.3 Å². The Morgan fingerprint density at radius 3 is 0.875 bits per heavy atom. The van der Waals surface area contributed by atoms with Crippen molar-refractivity contribution in [2.45, 2.75) is 36.2 Å². The first-order valence-electron chi connectivity index (χ1n) is 2.75. The second-order valence-corrected chi connectivity index (χ2v) is 8.50. The Balaban J connectivity index is 4.02. The summed E-state index contributed by atoms with van der Waals surface area (Å²) in [6.45, 7) is 9.08. The molecule has 0 aliphatic carbocycles. The van der Waals surface area contributed by atoms with Crippen molar-refractivity contribution in [3.63, 3.8) is 0 Å². The predicted octanol–water partition coefficient (Wildman–Crippen LogP) is 1.72. The molecule has 0 fully saturated rings. The van der Waals surface area contributed by atoms with Gasteiger partial charge in [-0.15, -0.1) is 0 Å². The summed E-state index contributed by atoms with van der Waals surface area (Å²) >= 11 is 4.54. The van der Waals surface area contributed by atoms with Crippen LogP contribution in [0, 0.1) is 0 Å². The van der Waals surface area contributed by atoms with E-state index in [9.17, 15) is 0 Å². The molecule has 0 aliphatic heterocycles. The van der Waals surface area contributed by atoms with Crippen molar-refractivity contribution in [2.75, 3.05) is 0 Å². The third kappa shape index (κ3) is 2.58. The van der Waals surface area contributed by atoms with Crippen LogP contribution in [0.25, 0.3) is 0 Å². The summed E-state index contributed by atoms with van der Waals surface area (Å²) in [5.74, 6) is 0. The fourth-order valence-corrected chi connectivity index (χ4v) is 0. The van der Waals surface area contributed by atoms with Crippen molar-refractivity contribution in [1.29, 1.82) is 0 Å². The zero-order chi connectivity index (χ0) is 7.00. The van der Waals surface area contributed by atoms with E-state index in [0.29, 0.717) is 8.49 Å². The Kier molecular flexibility index (Phi) is 2.69. The third-order valence-electron chi connectivity index (χ3n) is 1.56. The van der Waals surface area contributed by atoms with Gasteiger partial charge in [0.25, 0.3) is 0 Å². The first kappa shape index (κ1) is 9.09. The molecule has 0 nitrogen and oxygen atoms in total. The molecule has 6 radical (unpaired) electrons. The Bertz CT molecular complexity index is 61.5. The van der Waals surface area contributed by atoms with Gasteiger partial charge in [0.2, 0.25) is 0 Å². The minimum atomic E-state index is 0.437. The van der Waals surface area contributed by atoms with E-state index in [2.05, 4.69) is 60.7 Å². The van der Waals surface area contributed by atoms with Gasteiger partial charge in [0, 0.05) is 0 Å². The van der Waals surface area contributed by atoms with Crippen molar-refractivity contribution < 1.29 is 0 Å². The van der Waals surface area contributed by atoms with E-state index in [1.807, 2.05) is 0 Å². The van der Waals surface area contributed by atoms with Gasteiger partial charge < -0.3 is 0 Å². The SMILES string of the molecule is C[C](C)([Ge])[C](C)(C)[Ge]. The fraction of sp³-hybridized carbons (Fsp3) is 1.00. The topological polar surface area (TPSA) is 0 Å². The zero-order valence-corrected chi connectivity index (χ0v) is 10.2. The molecule has 0 saturated heterocycles. The minimum absolute atomic E-state index is 0.437. The molecule has 0 bridgehead atoms. The summed E-state index contributed by atoms with van der Waals surface area (Å²) < 4.78 is 0.875.